The standard InChI is InChI=1S/C12H14BrClO2/c1-2-16-12-5-3-4-9(7-13)11(12)6-10(15)8-14/h3-5H,2,6-8H2,1H3. The van der Waals surface area contributed by atoms with Crippen LogP contribution in [-0.4, -0.2) is 18.3 Å². The van der Waals surface area contributed by atoms with Gasteiger partial charge in [0.2, 0.25) is 0 Å². The Labute approximate surface area is 109 Å². The maximum absolute atomic E-state index is 11.4. The lowest BCUT2D eigenvalue weighted by atomic mass is 10.0. The number of ketones is 1. The molecule has 0 amide bonds. The van der Waals surface area contributed by atoms with Crippen molar-refractivity contribution in [3.63, 3.8) is 0 Å². The molecule has 0 spiro atoms. The fraction of sp³-hybridized carbons (Fsp3) is 0.417. The van der Waals surface area contributed by atoms with Gasteiger partial charge in [0.05, 0.1) is 12.5 Å². The third-order valence-electron chi connectivity index (χ3n) is 2.20. The van der Waals surface area contributed by atoms with Gasteiger partial charge in [-0.3, -0.25) is 4.79 Å². The zero-order chi connectivity index (χ0) is 12.0. The van der Waals surface area contributed by atoms with Gasteiger partial charge in [-0.05, 0) is 18.6 Å². The summed E-state index contributed by atoms with van der Waals surface area (Å²) in [6.07, 6.45) is 0.334. The lowest BCUT2D eigenvalue weighted by Crippen LogP contribution is -2.08. The summed E-state index contributed by atoms with van der Waals surface area (Å²) in [6, 6.07) is 5.79. The van der Waals surface area contributed by atoms with Crippen LogP contribution in [0.5, 0.6) is 5.75 Å². The molecule has 0 aliphatic heterocycles. The number of alkyl halides is 2. The smallest absolute Gasteiger partial charge is 0.152 e. The SMILES string of the molecule is CCOc1cccc(CBr)c1CC(=O)CCl. The number of halogens is 2. The molecular weight excluding hydrogens is 291 g/mol. The Kier molecular flexibility index (Phi) is 5.85. The lowest BCUT2D eigenvalue weighted by Gasteiger charge is -2.12. The Balaban J connectivity index is 3.03. The van der Waals surface area contributed by atoms with E-state index in [1.54, 1.807) is 0 Å². The number of hydrogen-bond acceptors (Lipinski definition) is 2. The van der Waals surface area contributed by atoms with Crippen LogP contribution >= 0.6 is 27.5 Å². The first-order chi connectivity index (χ1) is 7.72. The lowest BCUT2D eigenvalue weighted by molar-refractivity contribution is -0.116. The van der Waals surface area contributed by atoms with E-state index >= 15 is 0 Å². The molecule has 0 saturated heterocycles. The molecule has 0 atom stereocenters. The van der Waals surface area contributed by atoms with Gasteiger partial charge in [-0.25, -0.2) is 0 Å². The average molecular weight is 306 g/mol. The van der Waals surface area contributed by atoms with Gasteiger partial charge in [-0.15, -0.1) is 11.6 Å². The second kappa shape index (κ2) is 6.92. The topological polar surface area (TPSA) is 26.3 Å². The zero-order valence-corrected chi connectivity index (χ0v) is 11.5. The second-order valence-corrected chi connectivity index (χ2v) is 4.14. The van der Waals surface area contributed by atoms with Crippen LogP contribution in [0.25, 0.3) is 0 Å². The molecule has 4 heteroatoms. The number of rotatable bonds is 6. The maximum atomic E-state index is 11.4. The predicted octanol–water partition coefficient (Wildman–Crippen LogP) is 3.33. The minimum absolute atomic E-state index is 0.0102. The molecule has 0 fully saturated rings. The second-order valence-electron chi connectivity index (χ2n) is 3.31. The zero-order valence-electron chi connectivity index (χ0n) is 9.13. The van der Waals surface area contributed by atoms with Crippen LogP contribution in [-0.2, 0) is 16.5 Å². The fourth-order valence-electron chi connectivity index (χ4n) is 1.47. The molecule has 1 aromatic rings. The highest BCUT2D eigenvalue weighted by Crippen LogP contribution is 2.25. The van der Waals surface area contributed by atoms with Crippen LogP contribution in [0, 0.1) is 0 Å². The number of Topliss-reactive ketones (excluding diaryl/α,β-unsaturated/α-hetero) is 1. The number of hydrogen-bond donors (Lipinski definition) is 0. The van der Waals surface area contributed by atoms with E-state index in [-0.39, 0.29) is 11.7 Å². The molecule has 0 heterocycles. The van der Waals surface area contributed by atoms with Crippen molar-refractivity contribution in [3.05, 3.63) is 29.3 Å². The van der Waals surface area contributed by atoms with Crippen LogP contribution in [0.2, 0.25) is 0 Å². The maximum Gasteiger partial charge on any atom is 0.152 e. The molecule has 16 heavy (non-hydrogen) atoms. The Hall–Kier alpha value is -0.540. The summed E-state index contributed by atoms with van der Waals surface area (Å²) in [6.45, 7) is 2.52. The molecule has 1 rings (SSSR count). The van der Waals surface area contributed by atoms with Gasteiger partial charge in [0.25, 0.3) is 0 Å². The molecule has 0 aliphatic carbocycles. The summed E-state index contributed by atoms with van der Waals surface area (Å²) in [5.41, 5.74) is 2.01. The van der Waals surface area contributed by atoms with E-state index in [0.29, 0.717) is 18.4 Å². The molecule has 0 saturated carbocycles. The van der Waals surface area contributed by atoms with Crippen molar-refractivity contribution in [2.24, 2.45) is 0 Å². The van der Waals surface area contributed by atoms with Gasteiger partial charge >= 0.3 is 0 Å². The van der Waals surface area contributed by atoms with Crippen molar-refractivity contribution >= 4 is 33.3 Å². The highest BCUT2D eigenvalue weighted by molar-refractivity contribution is 9.08. The number of carbonyl (C=O) groups excluding carboxylic acids is 1. The summed E-state index contributed by atoms with van der Waals surface area (Å²) in [5.74, 6) is 0.830. The first-order valence-electron chi connectivity index (χ1n) is 5.10. The Morgan fingerprint density at radius 2 is 2.25 bits per heavy atom. The quantitative estimate of drug-likeness (QED) is 0.754. The van der Waals surface area contributed by atoms with Gasteiger partial charge in [0, 0.05) is 17.3 Å². The van der Waals surface area contributed by atoms with E-state index in [9.17, 15) is 4.79 Å². The highest BCUT2D eigenvalue weighted by Gasteiger charge is 2.12. The molecule has 0 radical (unpaired) electrons. The Morgan fingerprint density at radius 1 is 1.50 bits per heavy atom. The van der Waals surface area contributed by atoms with E-state index in [2.05, 4.69) is 15.9 Å². The minimum atomic E-state index is 0.0102. The summed E-state index contributed by atoms with van der Waals surface area (Å²) < 4.78 is 5.51. The van der Waals surface area contributed by atoms with Crippen molar-refractivity contribution in [2.75, 3.05) is 12.5 Å². The average Bonchev–Trinajstić information content (AvgIpc) is 2.31. The predicted molar refractivity (Wildman–Crippen MR) is 69.7 cm³/mol. The van der Waals surface area contributed by atoms with E-state index in [1.807, 2.05) is 25.1 Å². The van der Waals surface area contributed by atoms with Gasteiger partial charge in [-0.2, -0.15) is 0 Å². The summed E-state index contributed by atoms with van der Waals surface area (Å²) in [7, 11) is 0. The Morgan fingerprint density at radius 3 is 2.81 bits per heavy atom. The van der Waals surface area contributed by atoms with E-state index < -0.39 is 0 Å². The minimum Gasteiger partial charge on any atom is -0.494 e. The molecule has 1 aromatic carbocycles. The molecule has 0 bridgehead atoms. The third kappa shape index (κ3) is 3.49. The molecule has 0 aromatic heterocycles. The first-order valence-corrected chi connectivity index (χ1v) is 6.75. The first kappa shape index (κ1) is 13.5. The van der Waals surface area contributed by atoms with Gasteiger partial charge < -0.3 is 4.74 Å². The molecule has 0 N–H and O–H groups in total. The summed E-state index contributed by atoms with van der Waals surface area (Å²) in [5, 5.41) is 0.707. The molecular formula is C12H14BrClO2. The van der Waals surface area contributed by atoms with Gasteiger partial charge in [0.1, 0.15) is 5.75 Å². The van der Waals surface area contributed by atoms with Crippen molar-refractivity contribution in [1.29, 1.82) is 0 Å². The Bertz CT molecular complexity index is 366. The highest BCUT2D eigenvalue weighted by atomic mass is 79.9. The molecule has 0 aliphatic rings. The fourth-order valence-corrected chi connectivity index (χ4v) is 2.09. The van der Waals surface area contributed by atoms with Crippen molar-refractivity contribution in [1.82, 2.24) is 0 Å². The van der Waals surface area contributed by atoms with E-state index in [4.69, 9.17) is 16.3 Å². The third-order valence-corrected chi connectivity index (χ3v) is 3.10. The number of ether oxygens (including phenoxy) is 1. The largest absolute Gasteiger partial charge is 0.494 e. The summed E-state index contributed by atoms with van der Waals surface area (Å²) >= 11 is 8.93. The molecule has 0 unspecified atom stereocenters. The molecule has 88 valence electrons. The monoisotopic (exact) mass is 304 g/mol. The van der Waals surface area contributed by atoms with Crippen LogP contribution in [0.3, 0.4) is 0 Å². The number of carbonyl (C=O) groups is 1. The van der Waals surface area contributed by atoms with Crippen molar-refractivity contribution in [3.8, 4) is 5.75 Å². The van der Waals surface area contributed by atoms with Crippen molar-refractivity contribution < 1.29 is 9.53 Å². The van der Waals surface area contributed by atoms with Crippen molar-refractivity contribution in [2.45, 2.75) is 18.7 Å². The van der Waals surface area contributed by atoms with E-state index in [0.717, 1.165) is 16.9 Å². The van der Waals surface area contributed by atoms with Crippen LogP contribution < -0.4 is 4.74 Å². The summed E-state index contributed by atoms with van der Waals surface area (Å²) in [4.78, 5) is 11.4. The van der Waals surface area contributed by atoms with Crippen LogP contribution in [0.15, 0.2) is 18.2 Å². The van der Waals surface area contributed by atoms with Gasteiger partial charge in [0.15, 0.2) is 5.78 Å². The van der Waals surface area contributed by atoms with E-state index in [1.165, 1.54) is 0 Å². The molecule has 2 nitrogen and oxygen atoms in total. The van der Waals surface area contributed by atoms with Crippen LogP contribution in [0.4, 0.5) is 0 Å². The number of benzene rings is 1. The van der Waals surface area contributed by atoms with Gasteiger partial charge in [-0.1, -0.05) is 28.1 Å². The van der Waals surface area contributed by atoms with Crippen LogP contribution in [0.1, 0.15) is 18.1 Å². The normalized spacial score (nSPS) is 10.2.